The van der Waals surface area contributed by atoms with Crippen LogP contribution in [0.4, 0.5) is 0 Å². The van der Waals surface area contributed by atoms with Crippen LogP contribution in [0.3, 0.4) is 0 Å². The van der Waals surface area contributed by atoms with Crippen LogP contribution in [-0.2, 0) is 0 Å². The Morgan fingerprint density at radius 2 is 1.67 bits per heavy atom. The highest BCUT2D eigenvalue weighted by atomic mass is 14.6. The van der Waals surface area contributed by atoms with E-state index in [0.717, 1.165) is 0 Å². The summed E-state index contributed by atoms with van der Waals surface area (Å²) in [6.45, 7) is 9.98. The molecule has 1 fully saturated rings. The summed E-state index contributed by atoms with van der Waals surface area (Å²) in [4.78, 5) is 4.07. The van der Waals surface area contributed by atoms with Crippen LogP contribution >= 0.6 is 0 Å². The van der Waals surface area contributed by atoms with Crippen LogP contribution in [-0.4, -0.2) is 20.0 Å². The Balaban J connectivity index is 2.87. The summed E-state index contributed by atoms with van der Waals surface area (Å²) in [6.07, 6.45) is 6.03. The molecule has 2 nitrogen and oxygen atoms in total. The molecule has 0 amide bonds. The van der Waals surface area contributed by atoms with Gasteiger partial charge in [0.25, 0.3) is 0 Å². The van der Waals surface area contributed by atoms with Crippen LogP contribution in [0, 0.1) is 10.8 Å². The lowest BCUT2D eigenvalue weighted by Crippen LogP contribution is -2.24. The van der Waals surface area contributed by atoms with Crippen molar-refractivity contribution in [2.24, 2.45) is 21.6 Å². The number of hydrogen-bond donors (Lipinski definition) is 1. The summed E-state index contributed by atoms with van der Waals surface area (Å²) >= 11 is 0. The molecule has 0 atom stereocenters. The maximum absolute atomic E-state index is 5.66. The predicted octanol–water partition coefficient (Wildman–Crippen LogP) is 2.63. The minimum atomic E-state index is 0.382. The molecule has 1 saturated heterocycles. The number of allylic oxidation sites excluding steroid dienone is 1. The van der Waals surface area contributed by atoms with Crippen molar-refractivity contribution in [3.05, 3.63) is 11.7 Å². The molecule has 0 radical (unpaired) electrons. The third-order valence-electron chi connectivity index (χ3n) is 4.29. The Morgan fingerprint density at radius 3 is 2.00 bits per heavy atom. The van der Waals surface area contributed by atoms with E-state index in [0.29, 0.717) is 17.5 Å². The molecule has 84 valence electrons. The summed E-state index contributed by atoms with van der Waals surface area (Å²) < 4.78 is 0. The monoisotopic (exact) mass is 206 g/mol. The maximum Gasteiger partial charge on any atom is 0.180 e. The Labute approximate surface area is 94.1 Å². The molecule has 1 rings (SSSR count). The highest BCUT2D eigenvalue weighted by Crippen LogP contribution is 2.53. The fraction of sp³-hybridized carbons (Fsp3) is 0.750. The van der Waals surface area contributed by atoms with Crippen molar-refractivity contribution in [1.82, 2.24) is 0 Å². The fourth-order valence-corrected chi connectivity index (χ4v) is 2.53. The molecule has 1 aliphatic heterocycles. The molecule has 0 spiro atoms. The third kappa shape index (κ3) is 2.27. The van der Waals surface area contributed by atoms with Gasteiger partial charge in [-0.3, -0.25) is 4.99 Å². The summed E-state index contributed by atoms with van der Waals surface area (Å²) in [6, 6.07) is 0. The molecule has 0 saturated carbocycles. The number of rotatable bonds is 2. The van der Waals surface area contributed by atoms with Gasteiger partial charge in [0.2, 0.25) is 0 Å². The number of hydrogen-bond acceptors (Lipinski definition) is 2. The molecule has 0 aliphatic carbocycles. The van der Waals surface area contributed by atoms with Gasteiger partial charge in [-0.1, -0.05) is 40.3 Å². The SMILES string of the molecule is CN=CC(=CN)B1CC(C)(C)C(C)(C)C1. The van der Waals surface area contributed by atoms with E-state index in [2.05, 4.69) is 32.7 Å². The second kappa shape index (κ2) is 4.03. The number of nitrogens with two attached hydrogens (primary N) is 1. The van der Waals surface area contributed by atoms with Crippen molar-refractivity contribution in [1.29, 1.82) is 0 Å². The van der Waals surface area contributed by atoms with Crippen molar-refractivity contribution in [2.75, 3.05) is 7.05 Å². The van der Waals surface area contributed by atoms with Gasteiger partial charge in [0, 0.05) is 13.3 Å². The van der Waals surface area contributed by atoms with Gasteiger partial charge in [0.15, 0.2) is 6.71 Å². The van der Waals surface area contributed by atoms with Crippen molar-refractivity contribution in [2.45, 2.75) is 40.3 Å². The van der Waals surface area contributed by atoms with Gasteiger partial charge in [-0.05, 0) is 22.5 Å². The van der Waals surface area contributed by atoms with Gasteiger partial charge in [-0.15, -0.1) is 0 Å². The summed E-state index contributed by atoms with van der Waals surface area (Å²) in [7, 11) is 1.80. The Morgan fingerprint density at radius 1 is 1.20 bits per heavy atom. The normalized spacial score (nSPS) is 25.1. The van der Waals surface area contributed by atoms with Crippen LogP contribution in [0.25, 0.3) is 0 Å². The van der Waals surface area contributed by atoms with E-state index >= 15 is 0 Å². The molecule has 0 aromatic carbocycles. The van der Waals surface area contributed by atoms with E-state index in [1.54, 1.807) is 13.2 Å². The zero-order valence-corrected chi connectivity index (χ0v) is 10.7. The van der Waals surface area contributed by atoms with E-state index in [9.17, 15) is 0 Å². The molecule has 0 unspecified atom stereocenters. The molecular formula is C12H23BN2. The lowest BCUT2D eigenvalue weighted by atomic mass is 9.42. The van der Waals surface area contributed by atoms with E-state index in [1.807, 2.05) is 6.21 Å². The smallest absolute Gasteiger partial charge is 0.180 e. The van der Waals surface area contributed by atoms with Crippen molar-refractivity contribution < 1.29 is 0 Å². The lowest BCUT2D eigenvalue weighted by molar-refractivity contribution is 0.177. The molecule has 0 bridgehead atoms. The van der Waals surface area contributed by atoms with Gasteiger partial charge >= 0.3 is 0 Å². The Bertz CT molecular complexity index is 274. The average molecular weight is 206 g/mol. The number of aliphatic imine (C=N–C) groups is 1. The van der Waals surface area contributed by atoms with E-state index in [-0.39, 0.29) is 0 Å². The van der Waals surface area contributed by atoms with Crippen LogP contribution in [0.15, 0.2) is 16.7 Å². The maximum atomic E-state index is 5.66. The first kappa shape index (κ1) is 12.3. The molecule has 0 aromatic rings. The molecule has 3 heteroatoms. The molecule has 1 heterocycles. The summed E-state index contributed by atoms with van der Waals surface area (Å²) in [5, 5.41) is 0. The van der Waals surface area contributed by atoms with Crippen molar-refractivity contribution in [3.63, 3.8) is 0 Å². The quantitative estimate of drug-likeness (QED) is 0.547. The molecular weight excluding hydrogens is 183 g/mol. The van der Waals surface area contributed by atoms with E-state index < -0.39 is 0 Å². The zero-order valence-electron chi connectivity index (χ0n) is 10.7. The highest BCUT2D eigenvalue weighted by molar-refractivity contribution is 6.72. The standard InChI is InChI=1S/C12H23BN2/c1-11(2)8-13(9-12(11,3)4)10(6-14)7-15-5/h6-7H,8-9,14H2,1-5H3. The van der Waals surface area contributed by atoms with Crippen LogP contribution in [0.1, 0.15) is 27.7 Å². The first-order valence-electron chi connectivity index (χ1n) is 5.68. The van der Waals surface area contributed by atoms with Gasteiger partial charge in [-0.2, -0.15) is 0 Å². The second-order valence-corrected chi connectivity index (χ2v) is 5.93. The molecule has 15 heavy (non-hydrogen) atoms. The minimum Gasteiger partial charge on any atom is -0.405 e. The molecule has 1 aliphatic rings. The minimum absolute atomic E-state index is 0.382. The fourth-order valence-electron chi connectivity index (χ4n) is 2.53. The van der Waals surface area contributed by atoms with E-state index in [1.165, 1.54) is 18.1 Å². The van der Waals surface area contributed by atoms with Gasteiger partial charge in [0.1, 0.15) is 0 Å². The first-order chi connectivity index (χ1) is 6.84. The summed E-state index contributed by atoms with van der Waals surface area (Å²) in [5.74, 6) is 0. The largest absolute Gasteiger partial charge is 0.405 e. The van der Waals surface area contributed by atoms with Crippen molar-refractivity contribution in [3.8, 4) is 0 Å². The van der Waals surface area contributed by atoms with Gasteiger partial charge < -0.3 is 5.73 Å². The Kier molecular flexibility index (Phi) is 3.32. The number of nitrogens with zero attached hydrogens (tertiary/aromatic N) is 1. The lowest BCUT2D eigenvalue weighted by Gasteiger charge is -2.35. The van der Waals surface area contributed by atoms with E-state index in [4.69, 9.17) is 5.73 Å². The third-order valence-corrected chi connectivity index (χ3v) is 4.29. The van der Waals surface area contributed by atoms with Gasteiger partial charge in [0.05, 0.1) is 0 Å². The molecule has 0 aromatic heterocycles. The van der Waals surface area contributed by atoms with Gasteiger partial charge in [-0.25, -0.2) is 0 Å². The highest BCUT2D eigenvalue weighted by Gasteiger charge is 2.48. The average Bonchev–Trinajstić information content (AvgIpc) is 2.32. The molecule has 2 N–H and O–H groups in total. The Hall–Kier alpha value is -0.725. The van der Waals surface area contributed by atoms with Crippen LogP contribution in [0.2, 0.25) is 12.6 Å². The summed E-state index contributed by atoms with van der Waals surface area (Å²) in [5.41, 5.74) is 7.62. The van der Waals surface area contributed by atoms with Crippen LogP contribution < -0.4 is 5.73 Å². The first-order valence-corrected chi connectivity index (χ1v) is 5.68. The topological polar surface area (TPSA) is 38.4 Å². The van der Waals surface area contributed by atoms with Crippen molar-refractivity contribution >= 4 is 12.9 Å². The van der Waals surface area contributed by atoms with Crippen LogP contribution in [0.5, 0.6) is 0 Å². The zero-order chi connectivity index (χ0) is 11.7. The predicted molar refractivity (Wildman–Crippen MR) is 69.6 cm³/mol. The second-order valence-electron chi connectivity index (χ2n) is 5.93.